The van der Waals surface area contributed by atoms with Gasteiger partial charge in [-0.2, -0.15) is 0 Å². The minimum atomic E-state index is -0.475. The molecule has 0 amide bonds. The highest BCUT2D eigenvalue weighted by molar-refractivity contribution is 5.90. The molecular weight excluding hydrogens is 170 g/mol. The van der Waals surface area contributed by atoms with Crippen molar-refractivity contribution >= 4 is 11.9 Å². The Balaban J connectivity index is 2.30. The van der Waals surface area contributed by atoms with Crippen molar-refractivity contribution in [1.82, 2.24) is 4.90 Å². The van der Waals surface area contributed by atoms with Crippen molar-refractivity contribution in [2.75, 3.05) is 19.6 Å². The second kappa shape index (κ2) is 4.63. The number of morpholine rings is 1. The summed E-state index contributed by atoms with van der Waals surface area (Å²) >= 11 is 0. The number of esters is 2. The van der Waals surface area contributed by atoms with Crippen molar-refractivity contribution in [1.29, 1.82) is 0 Å². The van der Waals surface area contributed by atoms with E-state index in [1.54, 1.807) is 4.90 Å². The van der Waals surface area contributed by atoms with Crippen LogP contribution in [0.3, 0.4) is 0 Å². The Bertz CT molecular complexity index is 238. The van der Waals surface area contributed by atoms with Crippen molar-refractivity contribution < 1.29 is 14.3 Å². The molecule has 13 heavy (non-hydrogen) atoms. The normalized spacial score (nSPS) is 18.1. The molecule has 1 aliphatic heterocycles. The van der Waals surface area contributed by atoms with E-state index < -0.39 is 11.9 Å². The fourth-order valence-corrected chi connectivity index (χ4v) is 1.18. The molecule has 1 heterocycles. The summed E-state index contributed by atoms with van der Waals surface area (Å²) in [6.45, 7) is 1.05. The SMILES string of the molecule is C#CCCCN1CC(=O)OC(=O)C1. The highest BCUT2D eigenvalue weighted by Crippen LogP contribution is 2.01. The van der Waals surface area contributed by atoms with Gasteiger partial charge in [0.2, 0.25) is 0 Å². The average molecular weight is 181 g/mol. The first-order chi connectivity index (χ1) is 6.22. The number of carbonyl (C=O) groups excluding carboxylic acids is 2. The number of hydrogen-bond acceptors (Lipinski definition) is 4. The van der Waals surface area contributed by atoms with Crippen molar-refractivity contribution in [2.24, 2.45) is 0 Å². The number of terminal acetylenes is 1. The molecule has 1 rings (SSSR count). The maximum Gasteiger partial charge on any atom is 0.327 e. The molecule has 0 radical (unpaired) electrons. The summed E-state index contributed by atoms with van der Waals surface area (Å²) in [5, 5.41) is 0. The lowest BCUT2D eigenvalue weighted by Crippen LogP contribution is -2.43. The Morgan fingerprint density at radius 3 is 2.54 bits per heavy atom. The van der Waals surface area contributed by atoms with E-state index >= 15 is 0 Å². The molecule has 0 N–H and O–H groups in total. The molecule has 1 aliphatic rings. The van der Waals surface area contributed by atoms with E-state index in [0.717, 1.165) is 6.42 Å². The number of ether oxygens (including phenoxy) is 1. The van der Waals surface area contributed by atoms with Crippen LogP contribution in [0.5, 0.6) is 0 Å². The Morgan fingerprint density at radius 2 is 2.00 bits per heavy atom. The number of unbranched alkanes of at least 4 members (excludes halogenated alkanes) is 1. The molecule has 0 atom stereocenters. The third-order valence-corrected chi connectivity index (χ3v) is 1.73. The van der Waals surface area contributed by atoms with Crippen LogP contribution in [-0.2, 0) is 14.3 Å². The number of rotatable bonds is 3. The minimum Gasteiger partial charge on any atom is -0.391 e. The highest BCUT2D eigenvalue weighted by atomic mass is 16.6. The fraction of sp³-hybridized carbons (Fsp3) is 0.556. The average Bonchev–Trinajstić information content (AvgIpc) is 2.03. The van der Waals surface area contributed by atoms with Gasteiger partial charge in [0.15, 0.2) is 0 Å². The molecule has 0 bridgehead atoms. The molecule has 0 aliphatic carbocycles. The molecule has 0 aromatic heterocycles. The molecule has 1 fully saturated rings. The summed E-state index contributed by atoms with van der Waals surface area (Å²) < 4.78 is 4.36. The van der Waals surface area contributed by atoms with Gasteiger partial charge in [0.05, 0.1) is 13.1 Å². The van der Waals surface area contributed by atoms with E-state index in [2.05, 4.69) is 10.7 Å². The second-order valence-corrected chi connectivity index (χ2v) is 2.86. The van der Waals surface area contributed by atoms with Crippen LogP contribution in [0.4, 0.5) is 0 Å². The standard InChI is InChI=1S/C9H11NO3/c1-2-3-4-5-10-6-8(11)13-9(12)7-10/h1H,3-7H2. The quantitative estimate of drug-likeness (QED) is 0.261. The smallest absolute Gasteiger partial charge is 0.327 e. The molecule has 1 saturated heterocycles. The van der Waals surface area contributed by atoms with Crippen LogP contribution in [0.25, 0.3) is 0 Å². The van der Waals surface area contributed by atoms with Crippen LogP contribution in [0.2, 0.25) is 0 Å². The lowest BCUT2D eigenvalue weighted by atomic mass is 10.3. The van der Waals surface area contributed by atoms with E-state index in [4.69, 9.17) is 6.42 Å². The van der Waals surface area contributed by atoms with Gasteiger partial charge < -0.3 is 4.74 Å². The Morgan fingerprint density at radius 1 is 1.38 bits per heavy atom. The Kier molecular flexibility index (Phi) is 3.47. The van der Waals surface area contributed by atoms with Gasteiger partial charge in [-0.05, 0) is 6.42 Å². The van der Waals surface area contributed by atoms with E-state index in [1.165, 1.54) is 0 Å². The summed E-state index contributed by atoms with van der Waals surface area (Å²) in [5.41, 5.74) is 0. The van der Waals surface area contributed by atoms with Gasteiger partial charge in [-0.15, -0.1) is 12.3 Å². The van der Waals surface area contributed by atoms with Crippen molar-refractivity contribution in [2.45, 2.75) is 12.8 Å². The van der Waals surface area contributed by atoms with Crippen molar-refractivity contribution in [3.63, 3.8) is 0 Å². The number of nitrogens with zero attached hydrogens (tertiary/aromatic N) is 1. The number of cyclic esters (lactones) is 2. The number of hydrogen-bond donors (Lipinski definition) is 0. The molecule has 70 valence electrons. The zero-order valence-electron chi connectivity index (χ0n) is 7.28. The fourth-order valence-electron chi connectivity index (χ4n) is 1.18. The maximum absolute atomic E-state index is 10.8. The maximum atomic E-state index is 10.8. The van der Waals surface area contributed by atoms with Gasteiger partial charge in [0.1, 0.15) is 0 Å². The summed E-state index contributed by atoms with van der Waals surface area (Å²) in [6.07, 6.45) is 6.54. The summed E-state index contributed by atoms with van der Waals surface area (Å²) in [6, 6.07) is 0. The van der Waals surface area contributed by atoms with Crippen LogP contribution >= 0.6 is 0 Å². The van der Waals surface area contributed by atoms with Gasteiger partial charge >= 0.3 is 11.9 Å². The predicted octanol–water partition coefficient (Wildman–Crippen LogP) is -0.215. The van der Waals surface area contributed by atoms with Gasteiger partial charge in [-0.3, -0.25) is 14.5 Å². The van der Waals surface area contributed by atoms with Crippen LogP contribution in [0.15, 0.2) is 0 Å². The molecule has 0 spiro atoms. The highest BCUT2D eigenvalue weighted by Gasteiger charge is 2.23. The largest absolute Gasteiger partial charge is 0.391 e. The monoisotopic (exact) mass is 181 g/mol. The summed E-state index contributed by atoms with van der Waals surface area (Å²) in [7, 11) is 0. The van der Waals surface area contributed by atoms with Crippen molar-refractivity contribution in [3.8, 4) is 12.3 Å². The van der Waals surface area contributed by atoms with E-state index in [0.29, 0.717) is 13.0 Å². The zero-order chi connectivity index (χ0) is 9.68. The van der Waals surface area contributed by atoms with Crippen LogP contribution < -0.4 is 0 Å². The zero-order valence-corrected chi connectivity index (χ0v) is 7.28. The van der Waals surface area contributed by atoms with Crippen molar-refractivity contribution in [3.05, 3.63) is 0 Å². The lowest BCUT2D eigenvalue weighted by Gasteiger charge is -2.23. The lowest BCUT2D eigenvalue weighted by molar-refractivity contribution is -0.166. The first-order valence-corrected chi connectivity index (χ1v) is 4.11. The van der Waals surface area contributed by atoms with Crippen LogP contribution in [0.1, 0.15) is 12.8 Å². The van der Waals surface area contributed by atoms with E-state index in [9.17, 15) is 9.59 Å². The van der Waals surface area contributed by atoms with E-state index in [1.807, 2.05) is 0 Å². The van der Waals surface area contributed by atoms with Gasteiger partial charge in [-0.1, -0.05) is 0 Å². The predicted molar refractivity (Wildman–Crippen MR) is 45.6 cm³/mol. The van der Waals surface area contributed by atoms with Gasteiger partial charge in [-0.25, -0.2) is 0 Å². The first kappa shape index (κ1) is 9.75. The van der Waals surface area contributed by atoms with Gasteiger partial charge in [0, 0.05) is 13.0 Å². The second-order valence-electron chi connectivity index (χ2n) is 2.86. The first-order valence-electron chi connectivity index (χ1n) is 4.11. The Labute approximate surface area is 76.8 Å². The van der Waals surface area contributed by atoms with Crippen LogP contribution in [-0.4, -0.2) is 36.5 Å². The third-order valence-electron chi connectivity index (χ3n) is 1.73. The summed E-state index contributed by atoms with van der Waals surface area (Å²) in [5.74, 6) is 1.55. The summed E-state index contributed by atoms with van der Waals surface area (Å²) in [4.78, 5) is 23.3. The molecule has 4 heteroatoms. The minimum absolute atomic E-state index is 0.191. The molecule has 0 saturated carbocycles. The Hall–Kier alpha value is -1.34. The van der Waals surface area contributed by atoms with Crippen LogP contribution in [0, 0.1) is 12.3 Å². The molecule has 4 nitrogen and oxygen atoms in total. The third kappa shape index (κ3) is 3.26. The molecule has 0 unspecified atom stereocenters. The molecule has 0 aromatic rings. The molecule has 0 aromatic carbocycles. The van der Waals surface area contributed by atoms with Gasteiger partial charge in [0.25, 0.3) is 0 Å². The molecular formula is C9H11NO3. The topological polar surface area (TPSA) is 46.6 Å². The number of carbonyl (C=O) groups is 2. The van der Waals surface area contributed by atoms with E-state index in [-0.39, 0.29) is 13.1 Å².